The largest absolute Gasteiger partial charge is 0.370 e. The average Bonchev–Trinajstić information content (AvgIpc) is 2.47. The molecule has 19 heavy (non-hydrogen) atoms. The van der Waals surface area contributed by atoms with E-state index >= 15 is 0 Å². The van der Waals surface area contributed by atoms with Crippen molar-refractivity contribution in [3.8, 4) is 0 Å². The molecule has 0 amide bonds. The second-order valence-corrected chi connectivity index (χ2v) is 4.81. The van der Waals surface area contributed by atoms with Gasteiger partial charge in [0.15, 0.2) is 0 Å². The van der Waals surface area contributed by atoms with Gasteiger partial charge in [-0.2, -0.15) is 0 Å². The van der Waals surface area contributed by atoms with Crippen LogP contribution in [0.2, 0.25) is 0 Å². The van der Waals surface area contributed by atoms with Crippen LogP contribution in [-0.2, 0) is 6.42 Å². The summed E-state index contributed by atoms with van der Waals surface area (Å²) in [5.74, 6) is 0.947. The van der Waals surface area contributed by atoms with Gasteiger partial charge < -0.3 is 10.2 Å². The molecule has 3 nitrogen and oxygen atoms in total. The van der Waals surface area contributed by atoms with Gasteiger partial charge in [0.2, 0.25) is 0 Å². The molecule has 0 bridgehead atoms. The molecule has 1 aromatic heterocycles. The van der Waals surface area contributed by atoms with Crippen LogP contribution in [0.15, 0.2) is 42.6 Å². The summed E-state index contributed by atoms with van der Waals surface area (Å²) >= 11 is 0. The number of rotatable bonds is 3. The second kappa shape index (κ2) is 5.31. The highest BCUT2D eigenvalue weighted by molar-refractivity contribution is 5.69. The summed E-state index contributed by atoms with van der Waals surface area (Å²) < 4.78 is 0. The van der Waals surface area contributed by atoms with Gasteiger partial charge in [0.25, 0.3) is 0 Å². The summed E-state index contributed by atoms with van der Waals surface area (Å²) in [6.45, 7) is 4.06. The summed E-state index contributed by atoms with van der Waals surface area (Å²) in [4.78, 5) is 6.73. The van der Waals surface area contributed by atoms with Crippen LogP contribution in [0.3, 0.4) is 0 Å². The molecule has 2 aromatic rings. The van der Waals surface area contributed by atoms with Gasteiger partial charge in [-0.1, -0.05) is 18.2 Å². The third kappa shape index (κ3) is 2.41. The lowest BCUT2D eigenvalue weighted by atomic mass is 10.0. The smallest absolute Gasteiger partial charge is 0.127 e. The van der Waals surface area contributed by atoms with E-state index in [-0.39, 0.29) is 0 Å². The van der Waals surface area contributed by atoms with E-state index in [0.29, 0.717) is 0 Å². The fourth-order valence-electron chi connectivity index (χ4n) is 2.67. The molecule has 0 spiro atoms. The lowest BCUT2D eigenvalue weighted by Crippen LogP contribution is -2.24. The van der Waals surface area contributed by atoms with Gasteiger partial charge in [0.1, 0.15) is 5.82 Å². The van der Waals surface area contributed by atoms with E-state index in [1.807, 2.05) is 6.20 Å². The molecule has 0 saturated heterocycles. The minimum Gasteiger partial charge on any atom is -0.370 e. The predicted molar refractivity (Wildman–Crippen MR) is 80.2 cm³/mol. The van der Waals surface area contributed by atoms with Crippen molar-refractivity contribution in [2.75, 3.05) is 23.3 Å². The van der Waals surface area contributed by atoms with Crippen molar-refractivity contribution in [2.45, 2.75) is 19.8 Å². The van der Waals surface area contributed by atoms with Crippen LogP contribution in [0.4, 0.5) is 17.2 Å². The maximum atomic E-state index is 4.34. The zero-order valence-corrected chi connectivity index (χ0v) is 11.3. The Labute approximate surface area is 114 Å². The van der Waals surface area contributed by atoms with Gasteiger partial charge in [-0.05, 0) is 37.5 Å². The average molecular weight is 253 g/mol. The third-order valence-electron chi connectivity index (χ3n) is 3.52. The molecule has 1 aliphatic rings. The molecule has 1 N–H and O–H groups in total. The number of aromatic nitrogens is 1. The van der Waals surface area contributed by atoms with Crippen LogP contribution in [0.25, 0.3) is 0 Å². The van der Waals surface area contributed by atoms with Gasteiger partial charge in [0, 0.05) is 36.7 Å². The molecule has 0 atom stereocenters. The van der Waals surface area contributed by atoms with Gasteiger partial charge in [-0.25, -0.2) is 4.98 Å². The summed E-state index contributed by atoms with van der Waals surface area (Å²) in [7, 11) is 0. The predicted octanol–water partition coefficient (Wildman–Crippen LogP) is 3.60. The van der Waals surface area contributed by atoms with Crippen LogP contribution >= 0.6 is 0 Å². The lowest BCUT2D eigenvalue weighted by Gasteiger charge is -2.31. The van der Waals surface area contributed by atoms with E-state index in [9.17, 15) is 0 Å². The number of nitrogens with one attached hydrogen (secondary N) is 1. The fraction of sp³-hybridized carbons (Fsp3) is 0.312. The molecule has 98 valence electrons. The second-order valence-electron chi connectivity index (χ2n) is 4.81. The van der Waals surface area contributed by atoms with Crippen molar-refractivity contribution in [3.63, 3.8) is 0 Å². The van der Waals surface area contributed by atoms with Gasteiger partial charge in [0.05, 0.1) is 0 Å². The SMILES string of the molecule is CCNc1cc(N2CCCc3ccccc32)ccn1. The number of fused-ring (bicyclic) bond motifs is 1. The molecule has 1 aliphatic heterocycles. The fourth-order valence-corrected chi connectivity index (χ4v) is 2.67. The Hall–Kier alpha value is -2.03. The number of aryl methyl sites for hydroxylation is 1. The zero-order chi connectivity index (χ0) is 13.1. The molecule has 3 rings (SSSR count). The van der Waals surface area contributed by atoms with E-state index in [4.69, 9.17) is 0 Å². The molecule has 1 aromatic carbocycles. The molecular weight excluding hydrogens is 234 g/mol. The first-order valence-electron chi connectivity index (χ1n) is 6.94. The van der Waals surface area contributed by atoms with Crippen molar-refractivity contribution < 1.29 is 0 Å². The number of para-hydroxylation sites is 1. The van der Waals surface area contributed by atoms with Gasteiger partial charge in [-0.15, -0.1) is 0 Å². The minimum atomic E-state index is 0.896. The maximum Gasteiger partial charge on any atom is 0.127 e. The third-order valence-corrected chi connectivity index (χ3v) is 3.52. The first kappa shape index (κ1) is 12.0. The molecule has 0 fully saturated rings. The van der Waals surface area contributed by atoms with Crippen LogP contribution in [-0.4, -0.2) is 18.1 Å². The molecule has 3 heteroatoms. The molecule has 0 saturated carbocycles. The Morgan fingerprint density at radius 3 is 3.05 bits per heavy atom. The Bertz CT molecular complexity index is 565. The van der Waals surface area contributed by atoms with Crippen molar-refractivity contribution in [3.05, 3.63) is 48.2 Å². The quantitative estimate of drug-likeness (QED) is 0.906. The Morgan fingerprint density at radius 1 is 1.26 bits per heavy atom. The number of hydrogen-bond acceptors (Lipinski definition) is 3. The highest BCUT2D eigenvalue weighted by Gasteiger charge is 2.17. The minimum absolute atomic E-state index is 0.896. The van der Waals surface area contributed by atoms with Gasteiger partial charge in [-0.3, -0.25) is 0 Å². The topological polar surface area (TPSA) is 28.2 Å². The first-order chi connectivity index (χ1) is 9.38. The number of anilines is 3. The summed E-state index contributed by atoms with van der Waals surface area (Å²) in [5, 5.41) is 3.27. The monoisotopic (exact) mass is 253 g/mol. The van der Waals surface area contributed by atoms with E-state index in [2.05, 4.69) is 58.5 Å². The molecule has 2 heterocycles. The molecule has 0 unspecified atom stereocenters. The highest BCUT2D eigenvalue weighted by atomic mass is 15.1. The summed E-state index contributed by atoms with van der Waals surface area (Å²) in [6.07, 6.45) is 4.26. The summed E-state index contributed by atoms with van der Waals surface area (Å²) in [6, 6.07) is 12.9. The number of hydrogen-bond donors (Lipinski definition) is 1. The van der Waals surface area contributed by atoms with Crippen LogP contribution in [0.1, 0.15) is 18.9 Å². The normalized spacial score (nSPS) is 14.1. The van der Waals surface area contributed by atoms with E-state index in [0.717, 1.165) is 18.9 Å². The Balaban J connectivity index is 1.97. The van der Waals surface area contributed by atoms with Crippen LogP contribution in [0, 0.1) is 0 Å². The van der Waals surface area contributed by atoms with Crippen molar-refractivity contribution in [1.82, 2.24) is 4.98 Å². The zero-order valence-electron chi connectivity index (χ0n) is 11.3. The lowest BCUT2D eigenvalue weighted by molar-refractivity contribution is 0.766. The molecular formula is C16H19N3. The van der Waals surface area contributed by atoms with Crippen molar-refractivity contribution in [1.29, 1.82) is 0 Å². The number of nitrogens with zero attached hydrogens (tertiary/aromatic N) is 2. The Morgan fingerprint density at radius 2 is 2.16 bits per heavy atom. The van der Waals surface area contributed by atoms with E-state index < -0.39 is 0 Å². The van der Waals surface area contributed by atoms with Crippen molar-refractivity contribution >= 4 is 17.2 Å². The van der Waals surface area contributed by atoms with E-state index in [1.165, 1.54) is 29.8 Å². The van der Waals surface area contributed by atoms with Gasteiger partial charge >= 0.3 is 0 Å². The number of benzene rings is 1. The molecule has 0 aliphatic carbocycles. The first-order valence-corrected chi connectivity index (χ1v) is 6.94. The van der Waals surface area contributed by atoms with Crippen LogP contribution < -0.4 is 10.2 Å². The maximum absolute atomic E-state index is 4.34. The van der Waals surface area contributed by atoms with Crippen molar-refractivity contribution in [2.24, 2.45) is 0 Å². The Kier molecular flexibility index (Phi) is 3.36. The van der Waals surface area contributed by atoms with Crippen LogP contribution in [0.5, 0.6) is 0 Å². The highest BCUT2D eigenvalue weighted by Crippen LogP contribution is 2.33. The number of pyridine rings is 1. The molecule has 0 radical (unpaired) electrons. The standard InChI is InChI=1S/C16H19N3/c1-2-17-16-12-14(9-10-18-16)19-11-5-7-13-6-3-4-8-15(13)19/h3-4,6,8-10,12H,2,5,7,11H2,1H3,(H,17,18). The van der Waals surface area contributed by atoms with E-state index in [1.54, 1.807) is 0 Å². The summed E-state index contributed by atoms with van der Waals surface area (Å²) in [5.41, 5.74) is 4.00.